The van der Waals surface area contributed by atoms with Gasteiger partial charge >= 0.3 is 0 Å². The van der Waals surface area contributed by atoms with Crippen LogP contribution in [0.4, 0.5) is 0 Å². The fourth-order valence-electron chi connectivity index (χ4n) is 5.56. The average molecular weight is 588 g/mol. The van der Waals surface area contributed by atoms with Gasteiger partial charge in [-0.2, -0.15) is 0 Å². The maximum Gasteiger partial charge on any atom is 0.173 e. The van der Waals surface area contributed by atoms with Crippen molar-refractivity contribution in [3.05, 3.63) is 106 Å². The van der Waals surface area contributed by atoms with E-state index in [1.54, 1.807) is 0 Å². The van der Waals surface area contributed by atoms with Crippen molar-refractivity contribution in [2.75, 3.05) is 10.7 Å². The zero-order valence-electron chi connectivity index (χ0n) is 19.2. The van der Waals surface area contributed by atoms with Crippen LogP contribution in [0.2, 0.25) is 0 Å². The van der Waals surface area contributed by atoms with Gasteiger partial charge in [0.2, 0.25) is 0 Å². The molecule has 174 valence electrons. The summed E-state index contributed by atoms with van der Waals surface area (Å²) >= 11 is 6.95. The Hall–Kier alpha value is -2.53. The minimum atomic E-state index is 0.0888. The van der Waals surface area contributed by atoms with Crippen LogP contribution in [0.15, 0.2) is 72.8 Å². The number of hydrogen-bond acceptors (Lipinski definition) is 2. The fourth-order valence-corrected chi connectivity index (χ4v) is 6.31. The summed E-state index contributed by atoms with van der Waals surface area (Å²) < 4.78 is 6.10. The van der Waals surface area contributed by atoms with Gasteiger partial charge in [0.25, 0.3) is 0 Å². The molecule has 2 aliphatic rings. The van der Waals surface area contributed by atoms with Gasteiger partial charge < -0.3 is 4.74 Å². The predicted molar refractivity (Wildman–Crippen MR) is 150 cm³/mol. The SMILES string of the molecule is O=C(CBr)c1ccc2c(c1)COCc1cc(-c3c(CCBr)ccc4c3Cc3ccccc3-4)ccc1-2. The minimum Gasteiger partial charge on any atom is -0.372 e. The highest BCUT2D eigenvalue weighted by Gasteiger charge is 2.24. The lowest BCUT2D eigenvalue weighted by atomic mass is 9.87. The summed E-state index contributed by atoms with van der Waals surface area (Å²) in [5, 5.41) is 1.26. The van der Waals surface area contributed by atoms with Crippen LogP contribution in [-0.4, -0.2) is 16.4 Å². The van der Waals surface area contributed by atoms with E-state index in [1.807, 2.05) is 12.1 Å². The molecule has 0 bridgehead atoms. The summed E-state index contributed by atoms with van der Waals surface area (Å²) in [7, 11) is 0. The zero-order valence-corrected chi connectivity index (χ0v) is 22.4. The van der Waals surface area contributed by atoms with Gasteiger partial charge in [0.1, 0.15) is 0 Å². The van der Waals surface area contributed by atoms with E-state index in [0.717, 1.165) is 34.9 Å². The summed E-state index contributed by atoms with van der Waals surface area (Å²) in [5.41, 5.74) is 14.9. The van der Waals surface area contributed by atoms with Crippen LogP contribution in [0.5, 0.6) is 0 Å². The highest BCUT2D eigenvalue weighted by atomic mass is 79.9. The van der Waals surface area contributed by atoms with Crippen molar-refractivity contribution in [3.63, 3.8) is 0 Å². The number of hydrogen-bond donors (Lipinski definition) is 0. The lowest BCUT2D eigenvalue weighted by Gasteiger charge is -2.17. The molecule has 1 aliphatic carbocycles. The third-order valence-corrected chi connectivity index (χ3v) is 8.09. The van der Waals surface area contributed by atoms with Gasteiger partial charge in [0.05, 0.1) is 18.5 Å². The Morgan fingerprint density at radius 3 is 2.29 bits per heavy atom. The van der Waals surface area contributed by atoms with Crippen LogP contribution in [0, 0.1) is 0 Å². The number of rotatable bonds is 5. The first-order valence-electron chi connectivity index (χ1n) is 11.9. The number of aryl methyl sites for hydroxylation is 1. The van der Waals surface area contributed by atoms with Crippen molar-refractivity contribution in [1.82, 2.24) is 0 Å². The smallest absolute Gasteiger partial charge is 0.173 e. The number of halogens is 2. The lowest BCUT2D eigenvalue weighted by molar-refractivity contribution is 0.102. The Morgan fingerprint density at radius 2 is 1.49 bits per heavy atom. The molecule has 0 amide bonds. The molecule has 0 radical (unpaired) electrons. The molecular weight excluding hydrogens is 564 g/mol. The van der Waals surface area contributed by atoms with Gasteiger partial charge in [-0.1, -0.05) is 92.5 Å². The van der Waals surface area contributed by atoms with E-state index >= 15 is 0 Å². The van der Waals surface area contributed by atoms with Crippen molar-refractivity contribution >= 4 is 37.6 Å². The van der Waals surface area contributed by atoms with Gasteiger partial charge in [-0.25, -0.2) is 0 Å². The minimum absolute atomic E-state index is 0.0888. The third-order valence-electron chi connectivity index (χ3n) is 7.19. The Morgan fingerprint density at radius 1 is 0.771 bits per heavy atom. The molecule has 4 aromatic carbocycles. The second kappa shape index (κ2) is 9.50. The highest BCUT2D eigenvalue weighted by molar-refractivity contribution is 9.09. The molecule has 2 nitrogen and oxygen atoms in total. The number of benzene rings is 4. The molecule has 0 atom stereocenters. The summed E-state index contributed by atoms with van der Waals surface area (Å²) in [6.07, 6.45) is 1.96. The van der Waals surface area contributed by atoms with E-state index in [1.165, 1.54) is 50.1 Å². The molecular formula is C31H24Br2O2. The molecule has 35 heavy (non-hydrogen) atoms. The van der Waals surface area contributed by atoms with Crippen LogP contribution in [0.3, 0.4) is 0 Å². The van der Waals surface area contributed by atoms with Crippen LogP contribution >= 0.6 is 31.9 Å². The summed E-state index contributed by atoms with van der Waals surface area (Å²) in [6, 6.07) is 26.2. The molecule has 0 unspecified atom stereocenters. The summed E-state index contributed by atoms with van der Waals surface area (Å²) in [4.78, 5) is 12.2. The van der Waals surface area contributed by atoms with E-state index in [-0.39, 0.29) is 5.78 Å². The van der Waals surface area contributed by atoms with Crippen LogP contribution in [0.1, 0.15) is 38.2 Å². The summed E-state index contributed by atoms with van der Waals surface area (Å²) in [6.45, 7) is 1.07. The Kier molecular flexibility index (Phi) is 6.21. The number of alkyl halides is 2. The van der Waals surface area contributed by atoms with Crippen molar-refractivity contribution in [2.45, 2.75) is 26.1 Å². The molecule has 0 N–H and O–H groups in total. The standard InChI is InChI=1S/C31H24Br2O2/c32-12-11-19-5-10-28-25-4-2-1-3-20(25)15-29(28)31(19)22-7-9-27-24(14-22)18-35-17-23-13-21(30(34)16-33)6-8-26(23)27/h1-10,13-14H,11-12,15-18H2. The van der Waals surface area contributed by atoms with Crippen molar-refractivity contribution in [2.24, 2.45) is 0 Å². The number of carbonyl (C=O) groups is 1. The zero-order chi connectivity index (χ0) is 23.9. The van der Waals surface area contributed by atoms with Gasteiger partial charge in [-0.05, 0) is 86.2 Å². The molecule has 4 aromatic rings. The van der Waals surface area contributed by atoms with Crippen molar-refractivity contribution in [1.29, 1.82) is 0 Å². The fraction of sp³-hybridized carbons (Fsp3) is 0.194. The molecule has 0 fully saturated rings. The van der Waals surface area contributed by atoms with E-state index in [4.69, 9.17) is 4.74 Å². The van der Waals surface area contributed by atoms with Gasteiger partial charge in [-0.3, -0.25) is 4.79 Å². The molecule has 1 aliphatic heterocycles. The van der Waals surface area contributed by atoms with Crippen LogP contribution < -0.4 is 0 Å². The largest absolute Gasteiger partial charge is 0.372 e. The number of fused-ring (bicyclic) bond motifs is 6. The topological polar surface area (TPSA) is 26.3 Å². The van der Waals surface area contributed by atoms with Gasteiger partial charge in [-0.15, -0.1) is 0 Å². The molecule has 1 heterocycles. The third kappa shape index (κ3) is 4.02. The highest BCUT2D eigenvalue weighted by Crippen LogP contribution is 2.44. The van der Waals surface area contributed by atoms with Crippen molar-refractivity contribution < 1.29 is 9.53 Å². The summed E-state index contributed by atoms with van der Waals surface area (Å²) in [5.74, 6) is 0.0888. The van der Waals surface area contributed by atoms with Crippen LogP contribution in [-0.2, 0) is 30.8 Å². The van der Waals surface area contributed by atoms with E-state index in [0.29, 0.717) is 18.5 Å². The molecule has 0 aromatic heterocycles. The van der Waals surface area contributed by atoms with E-state index in [2.05, 4.69) is 92.5 Å². The monoisotopic (exact) mass is 586 g/mol. The van der Waals surface area contributed by atoms with E-state index < -0.39 is 0 Å². The molecule has 0 saturated heterocycles. The first-order chi connectivity index (χ1) is 17.2. The molecule has 6 rings (SSSR count). The Labute approximate surface area is 222 Å². The average Bonchev–Trinajstić information content (AvgIpc) is 3.16. The second-order valence-corrected chi connectivity index (χ2v) is 10.5. The Bertz CT molecular complexity index is 1470. The number of Topliss-reactive ketones (excluding diaryl/α,β-unsaturated/α-hetero) is 1. The predicted octanol–water partition coefficient (Wildman–Crippen LogP) is 8.14. The Balaban J connectivity index is 1.48. The van der Waals surface area contributed by atoms with Gasteiger partial charge in [0, 0.05) is 10.9 Å². The number of carbonyl (C=O) groups excluding carboxylic acids is 1. The normalized spacial score (nSPS) is 13.4. The molecule has 4 heteroatoms. The maximum atomic E-state index is 12.2. The molecule has 0 saturated carbocycles. The van der Waals surface area contributed by atoms with Crippen LogP contribution in [0.25, 0.3) is 33.4 Å². The van der Waals surface area contributed by atoms with Gasteiger partial charge in [0.15, 0.2) is 5.78 Å². The van der Waals surface area contributed by atoms with Crippen molar-refractivity contribution in [3.8, 4) is 33.4 Å². The first kappa shape index (κ1) is 22.9. The lowest BCUT2D eigenvalue weighted by Crippen LogP contribution is -2.02. The maximum absolute atomic E-state index is 12.2. The number of ketones is 1. The number of ether oxygens (including phenoxy) is 1. The van der Waals surface area contributed by atoms with E-state index in [9.17, 15) is 4.79 Å². The molecule has 0 spiro atoms. The second-order valence-electron chi connectivity index (χ2n) is 9.19. The quantitative estimate of drug-likeness (QED) is 0.153. The first-order valence-corrected chi connectivity index (χ1v) is 14.1.